The van der Waals surface area contributed by atoms with Crippen molar-refractivity contribution in [2.45, 2.75) is 63.6 Å². The monoisotopic (exact) mass is 226 g/mol. The van der Waals surface area contributed by atoms with E-state index in [9.17, 15) is 5.11 Å². The average Bonchev–Trinajstić information content (AvgIpc) is 2.30. The van der Waals surface area contributed by atoms with Crippen molar-refractivity contribution in [2.75, 3.05) is 19.6 Å². The summed E-state index contributed by atoms with van der Waals surface area (Å²) in [5, 5.41) is 13.4. The third-order valence-electron chi connectivity index (χ3n) is 4.15. The highest BCUT2D eigenvalue weighted by molar-refractivity contribution is 4.83. The molecule has 94 valence electrons. The highest BCUT2D eigenvalue weighted by Crippen LogP contribution is 2.20. The summed E-state index contributed by atoms with van der Waals surface area (Å²) in [6.45, 7) is 5.91. The van der Waals surface area contributed by atoms with Gasteiger partial charge in [-0.25, -0.2) is 0 Å². The van der Waals surface area contributed by atoms with E-state index in [1.807, 2.05) is 0 Å². The van der Waals surface area contributed by atoms with Gasteiger partial charge in [0.15, 0.2) is 0 Å². The van der Waals surface area contributed by atoms with E-state index in [1.165, 1.54) is 45.3 Å². The summed E-state index contributed by atoms with van der Waals surface area (Å²) in [5.74, 6) is 0. The third kappa shape index (κ3) is 3.44. The van der Waals surface area contributed by atoms with E-state index in [1.54, 1.807) is 0 Å². The Hall–Kier alpha value is -0.120. The second-order valence-corrected chi connectivity index (χ2v) is 5.39. The zero-order valence-electron chi connectivity index (χ0n) is 10.5. The molecule has 2 N–H and O–H groups in total. The summed E-state index contributed by atoms with van der Waals surface area (Å²) >= 11 is 0. The first-order chi connectivity index (χ1) is 7.78. The van der Waals surface area contributed by atoms with Crippen LogP contribution in [0.1, 0.15) is 45.4 Å². The average molecular weight is 226 g/mol. The standard InChI is InChI=1S/C13H26N2O/c1-2-15-8-6-11(7-9-15)14-12-4-3-5-13(16)10-12/h11-14,16H,2-10H2,1H3. The summed E-state index contributed by atoms with van der Waals surface area (Å²) in [5.41, 5.74) is 0. The SMILES string of the molecule is CCN1CCC(NC2CCCC(O)C2)CC1. The van der Waals surface area contributed by atoms with E-state index in [0.29, 0.717) is 12.1 Å². The molecule has 0 aromatic heterocycles. The molecule has 2 atom stereocenters. The zero-order valence-corrected chi connectivity index (χ0v) is 10.5. The molecule has 0 amide bonds. The minimum absolute atomic E-state index is 0.0537. The number of piperidine rings is 1. The molecule has 1 aliphatic heterocycles. The summed E-state index contributed by atoms with van der Waals surface area (Å²) in [4.78, 5) is 2.52. The fraction of sp³-hybridized carbons (Fsp3) is 1.00. The first-order valence-electron chi connectivity index (χ1n) is 6.94. The topological polar surface area (TPSA) is 35.5 Å². The van der Waals surface area contributed by atoms with E-state index in [0.717, 1.165) is 12.8 Å². The lowest BCUT2D eigenvalue weighted by molar-refractivity contribution is 0.102. The van der Waals surface area contributed by atoms with Crippen molar-refractivity contribution in [1.29, 1.82) is 0 Å². The third-order valence-corrected chi connectivity index (χ3v) is 4.15. The van der Waals surface area contributed by atoms with Crippen molar-refractivity contribution in [1.82, 2.24) is 10.2 Å². The van der Waals surface area contributed by atoms with Crippen molar-refractivity contribution < 1.29 is 5.11 Å². The van der Waals surface area contributed by atoms with Crippen LogP contribution in [0.25, 0.3) is 0 Å². The molecule has 3 nitrogen and oxygen atoms in total. The van der Waals surface area contributed by atoms with Crippen LogP contribution in [0.3, 0.4) is 0 Å². The number of likely N-dealkylation sites (tertiary alicyclic amines) is 1. The van der Waals surface area contributed by atoms with Crippen LogP contribution in [0, 0.1) is 0 Å². The van der Waals surface area contributed by atoms with Crippen LogP contribution >= 0.6 is 0 Å². The minimum atomic E-state index is -0.0537. The summed E-state index contributed by atoms with van der Waals surface area (Å²) in [7, 11) is 0. The smallest absolute Gasteiger partial charge is 0.0555 e. The van der Waals surface area contributed by atoms with Gasteiger partial charge in [-0.05, 0) is 58.2 Å². The Morgan fingerprint density at radius 2 is 1.88 bits per heavy atom. The molecule has 1 saturated heterocycles. The molecular formula is C13H26N2O. The molecule has 16 heavy (non-hydrogen) atoms. The van der Waals surface area contributed by atoms with E-state index in [-0.39, 0.29) is 6.10 Å². The largest absolute Gasteiger partial charge is 0.393 e. The molecule has 1 aliphatic carbocycles. The summed E-state index contributed by atoms with van der Waals surface area (Å²) in [6, 6.07) is 1.26. The maximum atomic E-state index is 9.64. The lowest BCUT2D eigenvalue weighted by Gasteiger charge is -2.36. The van der Waals surface area contributed by atoms with Crippen LogP contribution in [-0.2, 0) is 0 Å². The van der Waals surface area contributed by atoms with Gasteiger partial charge in [-0.3, -0.25) is 0 Å². The van der Waals surface area contributed by atoms with Gasteiger partial charge in [0.05, 0.1) is 6.10 Å². The lowest BCUT2D eigenvalue weighted by Crippen LogP contribution is -2.47. The highest BCUT2D eigenvalue weighted by atomic mass is 16.3. The number of nitrogens with one attached hydrogen (secondary N) is 1. The Bertz CT molecular complexity index is 202. The predicted octanol–water partition coefficient (Wildman–Crippen LogP) is 1.36. The van der Waals surface area contributed by atoms with Crippen LogP contribution in [0.4, 0.5) is 0 Å². The molecule has 1 heterocycles. The summed E-state index contributed by atoms with van der Waals surface area (Å²) < 4.78 is 0. The molecule has 0 bridgehead atoms. The minimum Gasteiger partial charge on any atom is -0.393 e. The molecule has 0 spiro atoms. The van der Waals surface area contributed by atoms with Gasteiger partial charge < -0.3 is 15.3 Å². The van der Waals surface area contributed by atoms with Crippen LogP contribution in [0.2, 0.25) is 0 Å². The zero-order chi connectivity index (χ0) is 11.4. The maximum Gasteiger partial charge on any atom is 0.0555 e. The fourth-order valence-electron chi connectivity index (χ4n) is 3.06. The lowest BCUT2D eigenvalue weighted by atomic mass is 9.91. The summed E-state index contributed by atoms with van der Waals surface area (Å²) in [6.07, 6.45) is 6.92. The Labute approximate surface area is 99.2 Å². The van der Waals surface area contributed by atoms with Gasteiger partial charge in [-0.1, -0.05) is 6.92 Å². The number of aliphatic hydroxyl groups is 1. The number of hydrogen-bond acceptors (Lipinski definition) is 3. The molecule has 2 rings (SSSR count). The molecule has 2 fully saturated rings. The molecule has 0 aromatic rings. The first kappa shape index (κ1) is 12.3. The quantitative estimate of drug-likeness (QED) is 0.763. The molecular weight excluding hydrogens is 200 g/mol. The van der Waals surface area contributed by atoms with Gasteiger partial charge in [0, 0.05) is 12.1 Å². The Kier molecular flexibility index (Phi) is 4.62. The van der Waals surface area contributed by atoms with Crippen molar-refractivity contribution in [3.8, 4) is 0 Å². The van der Waals surface area contributed by atoms with Gasteiger partial charge in [0.1, 0.15) is 0 Å². The number of rotatable bonds is 3. The van der Waals surface area contributed by atoms with Crippen LogP contribution in [-0.4, -0.2) is 47.8 Å². The van der Waals surface area contributed by atoms with Gasteiger partial charge in [0.2, 0.25) is 0 Å². The van der Waals surface area contributed by atoms with E-state index in [2.05, 4.69) is 17.1 Å². The normalized spacial score (nSPS) is 34.1. The predicted molar refractivity (Wildman–Crippen MR) is 66.5 cm³/mol. The second-order valence-electron chi connectivity index (χ2n) is 5.39. The van der Waals surface area contributed by atoms with E-state index >= 15 is 0 Å². The van der Waals surface area contributed by atoms with Crippen molar-refractivity contribution in [3.63, 3.8) is 0 Å². The number of aliphatic hydroxyl groups excluding tert-OH is 1. The number of nitrogens with zero attached hydrogens (tertiary/aromatic N) is 1. The first-order valence-corrected chi connectivity index (χ1v) is 6.94. The fourth-order valence-corrected chi connectivity index (χ4v) is 3.06. The number of hydrogen-bond donors (Lipinski definition) is 2. The van der Waals surface area contributed by atoms with Gasteiger partial charge in [-0.15, -0.1) is 0 Å². The van der Waals surface area contributed by atoms with E-state index in [4.69, 9.17) is 0 Å². The highest BCUT2D eigenvalue weighted by Gasteiger charge is 2.24. The Balaban J connectivity index is 1.69. The molecule has 0 radical (unpaired) electrons. The molecule has 2 unspecified atom stereocenters. The Morgan fingerprint density at radius 1 is 1.12 bits per heavy atom. The van der Waals surface area contributed by atoms with E-state index < -0.39 is 0 Å². The maximum absolute atomic E-state index is 9.64. The van der Waals surface area contributed by atoms with Crippen molar-refractivity contribution in [2.24, 2.45) is 0 Å². The van der Waals surface area contributed by atoms with Crippen LogP contribution in [0.5, 0.6) is 0 Å². The molecule has 1 saturated carbocycles. The van der Waals surface area contributed by atoms with Gasteiger partial charge >= 0.3 is 0 Å². The van der Waals surface area contributed by atoms with Crippen LogP contribution in [0.15, 0.2) is 0 Å². The van der Waals surface area contributed by atoms with Crippen molar-refractivity contribution >= 4 is 0 Å². The Morgan fingerprint density at radius 3 is 2.50 bits per heavy atom. The molecule has 0 aromatic carbocycles. The molecule has 3 heteroatoms. The van der Waals surface area contributed by atoms with Crippen molar-refractivity contribution in [3.05, 3.63) is 0 Å². The molecule has 2 aliphatic rings. The van der Waals surface area contributed by atoms with Gasteiger partial charge in [-0.2, -0.15) is 0 Å². The van der Waals surface area contributed by atoms with Crippen LogP contribution < -0.4 is 5.32 Å². The second kappa shape index (κ2) is 5.99. The van der Waals surface area contributed by atoms with Gasteiger partial charge in [0.25, 0.3) is 0 Å².